The monoisotopic (exact) mass is 271 g/mol. The highest BCUT2D eigenvalue weighted by Crippen LogP contribution is 2.27. The summed E-state index contributed by atoms with van der Waals surface area (Å²) in [5, 5.41) is 0.852. The highest BCUT2D eigenvalue weighted by molar-refractivity contribution is 7.99. The molecule has 0 amide bonds. The van der Waals surface area contributed by atoms with Gasteiger partial charge < -0.3 is 0 Å². The van der Waals surface area contributed by atoms with Crippen LogP contribution in [0.5, 0.6) is 0 Å². The molecule has 0 fully saturated rings. The second-order valence-electron chi connectivity index (χ2n) is 4.76. The van der Waals surface area contributed by atoms with Crippen molar-refractivity contribution < 1.29 is 4.79 Å². The van der Waals surface area contributed by atoms with Crippen LogP contribution in [0.4, 0.5) is 0 Å². The number of rotatable bonds is 4. The average Bonchev–Trinajstić information content (AvgIpc) is 2.39. The van der Waals surface area contributed by atoms with E-state index in [4.69, 9.17) is 0 Å². The largest absolute Gasteiger partial charge is 0.295 e. The predicted molar refractivity (Wildman–Crippen MR) is 78.9 cm³/mol. The van der Waals surface area contributed by atoms with E-state index in [0.29, 0.717) is 11.5 Å². The van der Waals surface area contributed by atoms with Crippen molar-refractivity contribution in [3.8, 4) is 0 Å². The maximum Gasteiger partial charge on any atom is 0.159 e. The second kappa shape index (κ2) is 6.02. The lowest BCUT2D eigenvalue weighted by Gasteiger charge is -2.06. The molecule has 0 aliphatic rings. The van der Waals surface area contributed by atoms with Crippen molar-refractivity contribution in [1.29, 1.82) is 0 Å². The first-order valence-electron chi connectivity index (χ1n) is 6.31. The lowest BCUT2D eigenvalue weighted by atomic mass is 10.0. The van der Waals surface area contributed by atoms with Gasteiger partial charge in [-0.2, -0.15) is 0 Å². The fourth-order valence-electron chi connectivity index (χ4n) is 1.73. The van der Waals surface area contributed by atoms with E-state index in [1.807, 2.05) is 6.07 Å². The molecule has 0 unspecified atom stereocenters. The van der Waals surface area contributed by atoms with Crippen LogP contribution in [0.25, 0.3) is 0 Å². The number of benzene rings is 1. The number of nitrogens with zero attached hydrogens (tertiary/aromatic N) is 1. The van der Waals surface area contributed by atoms with E-state index in [2.05, 4.69) is 43.1 Å². The highest BCUT2D eigenvalue weighted by Gasteiger charge is 2.04. The normalized spacial score (nSPS) is 10.7. The molecule has 0 aliphatic carbocycles. The van der Waals surface area contributed by atoms with Gasteiger partial charge in [-0.1, -0.05) is 37.7 Å². The zero-order valence-electron chi connectivity index (χ0n) is 11.4. The van der Waals surface area contributed by atoms with E-state index < -0.39 is 0 Å². The number of carbonyl (C=O) groups excluding carboxylic acids is 1. The van der Waals surface area contributed by atoms with E-state index >= 15 is 0 Å². The Labute approximate surface area is 118 Å². The van der Waals surface area contributed by atoms with Crippen molar-refractivity contribution in [1.82, 2.24) is 4.98 Å². The van der Waals surface area contributed by atoms with Crippen LogP contribution >= 0.6 is 11.8 Å². The van der Waals surface area contributed by atoms with Crippen molar-refractivity contribution in [3.05, 3.63) is 53.7 Å². The molecule has 0 atom stereocenters. The van der Waals surface area contributed by atoms with Gasteiger partial charge in [-0.3, -0.25) is 4.79 Å². The molecule has 0 bridgehead atoms. The highest BCUT2D eigenvalue weighted by atomic mass is 32.2. The van der Waals surface area contributed by atoms with Crippen LogP contribution in [0.3, 0.4) is 0 Å². The van der Waals surface area contributed by atoms with Crippen LogP contribution in [0.15, 0.2) is 52.5 Å². The van der Waals surface area contributed by atoms with Crippen molar-refractivity contribution in [2.24, 2.45) is 0 Å². The van der Waals surface area contributed by atoms with Gasteiger partial charge in [0.2, 0.25) is 0 Å². The summed E-state index contributed by atoms with van der Waals surface area (Å²) in [7, 11) is 0. The number of pyridine rings is 1. The lowest BCUT2D eigenvalue weighted by molar-refractivity contribution is 0.101. The Balaban J connectivity index is 2.16. The minimum absolute atomic E-state index is 0.0689. The Morgan fingerprint density at radius 2 is 1.84 bits per heavy atom. The summed E-state index contributed by atoms with van der Waals surface area (Å²) in [4.78, 5) is 16.8. The van der Waals surface area contributed by atoms with Gasteiger partial charge in [0.15, 0.2) is 5.78 Å². The van der Waals surface area contributed by atoms with Crippen LogP contribution in [0.2, 0.25) is 0 Å². The Morgan fingerprint density at radius 3 is 2.42 bits per heavy atom. The van der Waals surface area contributed by atoms with E-state index in [9.17, 15) is 4.79 Å². The molecule has 1 aromatic carbocycles. The molecule has 98 valence electrons. The summed E-state index contributed by atoms with van der Waals surface area (Å²) in [5.74, 6) is 0.609. The molecule has 2 aromatic rings. The number of Topliss-reactive ketones (excluding diaryl/α,β-unsaturated/α-hetero) is 1. The number of hydrogen-bond acceptors (Lipinski definition) is 3. The van der Waals surface area contributed by atoms with Crippen LogP contribution in [0, 0.1) is 0 Å². The predicted octanol–water partition coefficient (Wildman–Crippen LogP) is 4.56. The van der Waals surface area contributed by atoms with Crippen LogP contribution < -0.4 is 0 Å². The molecule has 0 saturated carbocycles. The SMILES string of the molecule is CC(=O)c1ccnc(Sc2ccc(C(C)C)cc2)c1. The van der Waals surface area contributed by atoms with Gasteiger partial charge in [0, 0.05) is 16.7 Å². The van der Waals surface area contributed by atoms with E-state index in [1.54, 1.807) is 30.9 Å². The third-order valence-electron chi connectivity index (χ3n) is 2.91. The van der Waals surface area contributed by atoms with Gasteiger partial charge in [0.05, 0.1) is 0 Å². The first-order chi connectivity index (χ1) is 9.06. The number of carbonyl (C=O) groups is 1. The molecule has 2 rings (SSSR count). The topological polar surface area (TPSA) is 30.0 Å². The average molecular weight is 271 g/mol. The van der Waals surface area contributed by atoms with Gasteiger partial charge in [0.25, 0.3) is 0 Å². The molecular formula is C16H17NOS. The summed E-state index contributed by atoms with van der Waals surface area (Å²) in [6.45, 7) is 5.93. The maximum absolute atomic E-state index is 11.3. The van der Waals surface area contributed by atoms with Gasteiger partial charge >= 0.3 is 0 Å². The standard InChI is InChI=1S/C16H17NOS/c1-11(2)13-4-6-15(7-5-13)19-16-10-14(12(3)18)8-9-17-16/h4-11H,1-3H3. The first kappa shape index (κ1) is 13.8. The Bertz CT molecular complexity index is 576. The van der Waals surface area contributed by atoms with E-state index in [1.165, 1.54) is 5.56 Å². The third-order valence-corrected chi connectivity index (χ3v) is 3.85. The zero-order valence-corrected chi connectivity index (χ0v) is 12.2. The minimum atomic E-state index is 0.0689. The Kier molecular flexibility index (Phi) is 4.38. The van der Waals surface area contributed by atoms with Crippen molar-refractivity contribution in [2.45, 2.75) is 36.6 Å². The molecule has 1 heterocycles. The number of ketones is 1. The fraction of sp³-hybridized carbons (Fsp3) is 0.250. The minimum Gasteiger partial charge on any atom is -0.295 e. The van der Waals surface area contributed by atoms with Crippen molar-refractivity contribution in [2.75, 3.05) is 0 Å². The van der Waals surface area contributed by atoms with Crippen LogP contribution in [-0.4, -0.2) is 10.8 Å². The molecule has 0 radical (unpaired) electrons. The third kappa shape index (κ3) is 3.67. The fourth-order valence-corrected chi connectivity index (χ4v) is 2.54. The molecule has 0 N–H and O–H groups in total. The first-order valence-corrected chi connectivity index (χ1v) is 7.12. The molecule has 1 aromatic heterocycles. The number of aromatic nitrogens is 1. The molecule has 3 heteroatoms. The van der Waals surface area contributed by atoms with Crippen LogP contribution in [-0.2, 0) is 0 Å². The molecular weight excluding hydrogens is 254 g/mol. The Morgan fingerprint density at radius 1 is 1.16 bits per heavy atom. The van der Waals surface area contributed by atoms with Gasteiger partial charge in [-0.15, -0.1) is 0 Å². The summed E-state index contributed by atoms with van der Waals surface area (Å²) in [5.41, 5.74) is 2.03. The molecule has 19 heavy (non-hydrogen) atoms. The second-order valence-corrected chi connectivity index (χ2v) is 5.86. The quantitative estimate of drug-likeness (QED) is 0.764. The molecule has 2 nitrogen and oxygen atoms in total. The smallest absolute Gasteiger partial charge is 0.159 e. The van der Waals surface area contributed by atoms with Gasteiger partial charge in [0.1, 0.15) is 5.03 Å². The summed E-state index contributed by atoms with van der Waals surface area (Å²) < 4.78 is 0. The lowest BCUT2D eigenvalue weighted by Crippen LogP contribution is -1.93. The molecule has 0 spiro atoms. The van der Waals surface area contributed by atoms with Crippen molar-refractivity contribution >= 4 is 17.5 Å². The zero-order chi connectivity index (χ0) is 13.8. The number of hydrogen-bond donors (Lipinski definition) is 0. The van der Waals surface area contributed by atoms with E-state index in [0.717, 1.165) is 9.92 Å². The summed E-state index contributed by atoms with van der Waals surface area (Å²) >= 11 is 1.58. The summed E-state index contributed by atoms with van der Waals surface area (Å²) in [6, 6.07) is 12.1. The molecule has 0 aliphatic heterocycles. The van der Waals surface area contributed by atoms with Crippen LogP contribution in [0.1, 0.15) is 42.6 Å². The van der Waals surface area contributed by atoms with Crippen molar-refractivity contribution in [3.63, 3.8) is 0 Å². The molecule has 0 saturated heterocycles. The maximum atomic E-state index is 11.3. The van der Waals surface area contributed by atoms with E-state index in [-0.39, 0.29) is 5.78 Å². The Hall–Kier alpha value is -1.61. The van der Waals surface area contributed by atoms with Gasteiger partial charge in [-0.05, 0) is 42.7 Å². The summed E-state index contributed by atoms with van der Waals surface area (Å²) in [6.07, 6.45) is 1.68. The van der Waals surface area contributed by atoms with Gasteiger partial charge in [-0.25, -0.2) is 4.98 Å².